The van der Waals surface area contributed by atoms with E-state index in [9.17, 15) is 0 Å². The fourth-order valence-corrected chi connectivity index (χ4v) is 2.13. The van der Waals surface area contributed by atoms with Crippen LogP contribution in [0.25, 0.3) is 0 Å². The third-order valence-electron chi connectivity index (χ3n) is 2.99. The van der Waals surface area contributed by atoms with E-state index in [0.717, 1.165) is 12.8 Å². The van der Waals surface area contributed by atoms with Crippen molar-refractivity contribution in [2.45, 2.75) is 44.7 Å². The first-order valence-electron chi connectivity index (χ1n) is 5.01. The van der Waals surface area contributed by atoms with Crippen LogP contribution in [0.2, 0.25) is 0 Å². The van der Waals surface area contributed by atoms with Gasteiger partial charge in [0.1, 0.15) is 0 Å². The highest BCUT2D eigenvalue weighted by Gasteiger charge is 2.20. The van der Waals surface area contributed by atoms with Crippen LogP contribution in [-0.2, 0) is 0 Å². The third kappa shape index (κ3) is 1.75. The van der Waals surface area contributed by atoms with Gasteiger partial charge in [-0.25, -0.2) is 4.98 Å². The Morgan fingerprint density at radius 2 is 2.08 bits per heavy atom. The molecule has 0 unspecified atom stereocenters. The van der Waals surface area contributed by atoms with Gasteiger partial charge in [0.15, 0.2) is 0 Å². The first kappa shape index (κ1) is 8.75. The van der Waals surface area contributed by atoms with Crippen molar-refractivity contribution in [1.82, 2.24) is 9.55 Å². The van der Waals surface area contributed by atoms with Crippen molar-refractivity contribution in [2.24, 2.45) is 5.73 Å². The standard InChI is InChI=1S/C10H17N3/c1-8-6-12-7-13(8)10-4-2-9(11)3-5-10/h6-7,9-10H,2-5,11H2,1H3. The molecule has 0 radical (unpaired) electrons. The quantitative estimate of drug-likeness (QED) is 0.712. The Labute approximate surface area is 79.0 Å². The summed E-state index contributed by atoms with van der Waals surface area (Å²) in [7, 11) is 0. The Bertz CT molecular complexity index is 271. The molecule has 0 spiro atoms. The maximum absolute atomic E-state index is 5.86. The Hall–Kier alpha value is -0.830. The second-order valence-electron chi connectivity index (χ2n) is 4.01. The number of nitrogens with zero attached hydrogens (tertiary/aromatic N) is 2. The predicted molar refractivity (Wildman–Crippen MR) is 52.4 cm³/mol. The van der Waals surface area contributed by atoms with Gasteiger partial charge in [0.2, 0.25) is 0 Å². The van der Waals surface area contributed by atoms with E-state index < -0.39 is 0 Å². The van der Waals surface area contributed by atoms with E-state index in [4.69, 9.17) is 5.73 Å². The summed E-state index contributed by atoms with van der Waals surface area (Å²) in [6, 6.07) is 1.07. The van der Waals surface area contributed by atoms with Crippen LogP contribution < -0.4 is 5.73 Å². The lowest BCUT2D eigenvalue weighted by atomic mass is 9.91. The molecule has 0 aliphatic heterocycles. The molecule has 0 aromatic carbocycles. The fraction of sp³-hybridized carbons (Fsp3) is 0.700. The Morgan fingerprint density at radius 1 is 1.38 bits per heavy atom. The molecule has 3 nitrogen and oxygen atoms in total. The van der Waals surface area contributed by atoms with Crippen molar-refractivity contribution in [3.63, 3.8) is 0 Å². The van der Waals surface area contributed by atoms with Crippen LogP contribution in [0.15, 0.2) is 12.5 Å². The molecule has 1 aliphatic carbocycles. The average Bonchev–Trinajstić information content (AvgIpc) is 2.53. The van der Waals surface area contributed by atoms with Crippen molar-refractivity contribution in [1.29, 1.82) is 0 Å². The summed E-state index contributed by atoms with van der Waals surface area (Å²) in [5, 5.41) is 0. The molecule has 1 fully saturated rings. The van der Waals surface area contributed by atoms with Crippen LogP contribution in [0.5, 0.6) is 0 Å². The molecule has 2 N–H and O–H groups in total. The van der Waals surface area contributed by atoms with Gasteiger partial charge in [0, 0.05) is 24.0 Å². The second-order valence-corrected chi connectivity index (χ2v) is 4.01. The van der Waals surface area contributed by atoms with Crippen molar-refractivity contribution in [3.8, 4) is 0 Å². The SMILES string of the molecule is Cc1cncn1C1CCC(N)CC1. The maximum atomic E-state index is 5.86. The van der Waals surface area contributed by atoms with Gasteiger partial charge in [-0.05, 0) is 32.6 Å². The van der Waals surface area contributed by atoms with Crippen LogP contribution >= 0.6 is 0 Å². The topological polar surface area (TPSA) is 43.8 Å². The first-order valence-corrected chi connectivity index (χ1v) is 5.01. The van der Waals surface area contributed by atoms with Crippen molar-refractivity contribution in [3.05, 3.63) is 18.2 Å². The smallest absolute Gasteiger partial charge is 0.0950 e. The molecule has 0 amide bonds. The number of aromatic nitrogens is 2. The molecule has 13 heavy (non-hydrogen) atoms. The Morgan fingerprint density at radius 3 is 2.62 bits per heavy atom. The molecule has 2 rings (SSSR count). The summed E-state index contributed by atoms with van der Waals surface area (Å²) < 4.78 is 2.28. The normalized spacial score (nSPS) is 29.1. The van der Waals surface area contributed by atoms with Gasteiger partial charge < -0.3 is 10.3 Å². The lowest BCUT2D eigenvalue weighted by Gasteiger charge is -2.27. The zero-order valence-electron chi connectivity index (χ0n) is 8.11. The summed E-state index contributed by atoms with van der Waals surface area (Å²) in [4.78, 5) is 4.15. The fourth-order valence-electron chi connectivity index (χ4n) is 2.13. The van der Waals surface area contributed by atoms with Crippen LogP contribution in [0.4, 0.5) is 0 Å². The van der Waals surface area contributed by atoms with Crippen molar-refractivity contribution < 1.29 is 0 Å². The molecule has 0 atom stereocenters. The number of nitrogens with two attached hydrogens (primary N) is 1. The van der Waals surface area contributed by atoms with E-state index >= 15 is 0 Å². The molecular formula is C10H17N3. The van der Waals surface area contributed by atoms with E-state index in [1.165, 1.54) is 18.5 Å². The Balaban J connectivity index is 2.06. The van der Waals surface area contributed by atoms with Gasteiger partial charge in [0.05, 0.1) is 6.33 Å². The van der Waals surface area contributed by atoms with Gasteiger partial charge in [0.25, 0.3) is 0 Å². The minimum absolute atomic E-state index is 0.431. The first-order chi connectivity index (χ1) is 6.27. The summed E-state index contributed by atoms with van der Waals surface area (Å²) in [6.07, 6.45) is 8.59. The molecule has 0 bridgehead atoms. The monoisotopic (exact) mass is 179 g/mol. The molecule has 72 valence electrons. The van der Waals surface area contributed by atoms with Gasteiger partial charge in [-0.15, -0.1) is 0 Å². The molecule has 1 aromatic rings. The molecule has 1 saturated carbocycles. The summed E-state index contributed by atoms with van der Waals surface area (Å²) in [6.45, 7) is 2.11. The van der Waals surface area contributed by atoms with Crippen LogP contribution in [0, 0.1) is 6.92 Å². The van der Waals surface area contributed by atoms with Crippen molar-refractivity contribution in [2.75, 3.05) is 0 Å². The van der Waals surface area contributed by atoms with E-state index in [0.29, 0.717) is 12.1 Å². The average molecular weight is 179 g/mol. The summed E-state index contributed by atoms with van der Waals surface area (Å²) in [5.41, 5.74) is 7.13. The number of rotatable bonds is 1. The van der Waals surface area contributed by atoms with Gasteiger partial charge in [-0.2, -0.15) is 0 Å². The van der Waals surface area contributed by atoms with E-state index in [1.807, 2.05) is 12.5 Å². The minimum atomic E-state index is 0.431. The van der Waals surface area contributed by atoms with Crippen LogP contribution in [0.1, 0.15) is 37.4 Å². The van der Waals surface area contributed by atoms with E-state index in [1.54, 1.807) is 0 Å². The van der Waals surface area contributed by atoms with Gasteiger partial charge >= 0.3 is 0 Å². The number of hydrogen-bond acceptors (Lipinski definition) is 2. The lowest BCUT2D eigenvalue weighted by molar-refractivity contribution is 0.320. The van der Waals surface area contributed by atoms with E-state index in [2.05, 4.69) is 16.5 Å². The molecule has 0 saturated heterocycles. The van der Waals surface area contributed by atoms with Crippen LogP contribution in [-0.4, -0.2) is 15.6 Å². The summed E-state index contributed by atoms with van der Waals surface area (Å²) >= 11 is 0. The highest BCUT2D eigenvalue weighted by Crippen LogP contribution is 2.28. The third-order valence-corrected chi connectivity index (χ3v) is 2.99. The van der Waals surface area contributed by atoms with Gasteiger partial charge in [-0.1, -0.05) is 0 Å². The van der Waals surface area contributed by atoms with Crippen molar-refractivity contribution >= 4 is 0 Å². The largest absolute Gasteiger partial charge is 0.332 e. The van der Waals surface area contributed by atoms with E-state index in [-0.39, 0.29) is 0 Å². The highest BCUT2D eigenvalue weighted by molar-refractivity contribution is 4.97. The van der Waals surface area contributed by atoms with Gasteiger partial charge in [-0.3, -0.25) is 0 Å². The van der Waals surface area contributed by atoms with Crippen LogP contribution in [0.3, 0.4) is 0 Å². The zero-order chi connectivity index (χ0) is 9.26. The number of aryl methyl sites for hydroxylation is 1. The zero-order valence-corrected chi connectivity index (χ0v) is 8.11. The molecule has 1 heterocycles. The predicted octanol–water partition coefficient (Wildman–Crippen LogP) is 1.63. The minimum Gasteiger partial charge on any atom is -0.332 e. The molecule has 1 aromatic heterocycles. The maximum Gasteiger partial charge on any atom is 0.0950 e. The Kier molecular flexibility index (Phi) is 2.36. The number of hydrogen-bond donors (Lipinski definition) is 1. The molecular weight excluding hydrogens is 162 g/mol. The molecule has 3 heteroatoms. The molecule has 1 aliphatic rings. The summed E-state index contributed by atoms with van der Waals surface area (Å²) in [5.74, 6) is 0. The lowest BCUT2D eigenvalue weighted by Crippen LogP contribution is -2.27. The second kappa shape index (κ2) is 3.50. The number of imidazole rings is 1. The highest BCUT2D eigenvalue weighted by atomic mass is 15.1.